The Hall–Kier alpha value is -1.72. The summed E-state index contributed by atoms with van der Waals surface area (Å²) in [6.45, 7) is 0. The standard InChI is InChI=1S/C14H18N4O/c19-14(13-8-12(16-17-13)11-6-7-11)18-15-9-10-4-2-1-3-5-10/h1-5,9,11-13,16-17H,6-8H2,(H,18,19)/b15-9+. The molecule has 5 nitrogen and oxygen atoms in total. The molecule has 0 radical (unpaired) electrons. The van der Waals surface area contributed by atoms with Crippen LogP contribution >= 0.6 is 0 Å². The van der Waals surface area contributed by atoms with E-state index >= 15 is 0 Å². The third kappa shape index (κ3) is 3.19. The van der Waals surface area contributed by atoms with Crippen LogP contribution in [-0.4, -0.2) is 24.2 Å². The third-order valence-electron chi connectivity index (χ3n) is 3.63. The van der Waals surface area contributed by atoms with Gasteiger partial charge in [-0.15, -0.1) is 0 Å². The lowest BCUT2D eigenvalue weighted by Crippen LogP contribution is -2.42. The number of hydrogen-bond acceptors (Lipinski definition) is 4. The maximum Gasteiger partial charge on any atom is 0.258 e. The van der Waals surface area contributed by atoms with Crippen molar-refractivity contribution in [1.82, 2.24) is 16.3 Å². The van der Waals surface area contributed by atoms with Gasteiger partial charge in [0.2, 0.25) is 0 Å². The van der Waals surface area contributed by atoms with Crippen LogP contribution < -0.4 is 16.3 Å². The van der Waals surface area contributed by atoms with Crippen molar-refractivity contribution in [3.8, 4) is 0 Å². The van der Waals surface area contributed by atoms with Crippen LogP contribution in [0.4, 0.5) is 0 Å². The van der Waals surface area contributed by atoms with Crippen molar-refractivity contribution in [2.75, 3.05) is 0 Å². The molecule has 0 bridgehead atoms. The van der Waals surface area contributed by atoms with Gasteiger partial charge in [-0.25, -0.2) is 10.9 Å². The molecule has 100 valence electrons. The van der Waals surface area contributed by atoms with Crippen LogP contribution in [0.15, 0.2) is 35.4 Å². The number of nitrogens with zero attached hydrogens (tertiary/aromatic N) is 1. The van der Waals surface area contributed by atoms with Crippen LogP contribution in [0.1, 0.15) is 24.8 Å². The highest BCUT2D eigenvalue weighted by Crippen LogP contribution is 2.35. The minimum absolute atomic E-state index is 0.0807. The Kier molecular flexibility index (Phi) is 3.57. The number of hydrogen-bond donors (Lipinski definition) is 3. The molecule has 3 N–H and O–H groups in total. The monoisotopic (exact) mass is 258 g/mol. The number of benzene rings is 1. The van der Waals surface area contributed by atoms with Crippen molar-refractivity contribution in [3.05, 3.63) is 35.9 Å². The molecule has 1 aromatic rings. The lowest BCUT2D eigenvalue weighted by Gasteiger charge is -2.06. The molecule has 1 aliphatic carbocycles. The molecule has 1 saturated carbocycles. The first-order valence-corrected chi connectivity index (χ1v) is 6.72. The molecule has 0 spiro atoms. The van der Waals surface area contributed by atoms with Crippen LogP contribution in [0.2, 0.25) is 0 Å². The SMILES string of the molecule is O=C(N/N=C/c1ccccc1)C1CC(C2CC2)NN1. The fraction of sp³-hybridized carbons (Fsp3) is 0.429. The molecule has 1 heterocycles. The molecule has 5 heteroatoms. The molecule has 19 heavy (non-hydrogen) atoms. The topological polar surface area (TPSA) is 65.5 Å². The van der Waals surface area contributed by atoms with Gasteiger partial charge in [0, 0.05) is 6.04 Å². The largest absolute Gasteiger partial charge is 0.271 e. The van der Waals surface area contributed by atoms with Crippen molar-refractivity contribution in [1.29, 1.82) is 0 Å². The molecule has 1 aromatic carbocycles. The Morgan fingerprint density at radius 3 is 2.79 bits per heavy atom. The van der Waals surface area contributed by atoms with Gasteiger partial charge in [-0.05, 0) is 30.7 Å². The third-order valence-corrected chi connectivity index (χ3v) is 3.63. The van der Waals surface area contributed by atoms with E-state index in [0.717, 1.165) is 17.9 Å². The summed E-state index contributed by atoms with van der Waals surface area (Å²) in [5.41, 5.74) is 9.79. The van der Waals surface area contributed by atoms with Gasteiger partial charge in [-0.3, -0.25) is 10.2 Å². The maximum absolute atomic E-state index is 11.9. The summed E-state index contributed by atoms with van der Waals surface area (Å²) in [7, 11) is 0. The van der Waals surface area contributed by atoms with Gasteiger partial charge in [-0.2, -0.15) is 5.10 Å². The Labute approximate surface area is 112 Å². The predicted molar refractivity (Wildman–Crippen MR) is 73.4 cm³/mol. The highest BCUT2D eigenvalue weighted by Gasteiger charge is 2.38. The molecule has 2 atom stereocenters. The molecule has 0 aromatic heterocycles. The summed E-state index contributed by atoms with van der Waals surface area (Å²) in [5.74, 6) is 0.668. The van der Waals surface area contributed by atoms with Gasteiger partial charge >= 0.3 is 0 Å². The first kappa shape index (κ1) is 12.3. The number of nitrogens with one attached hydrogen (secondary N) is 3. The lowest BCUT2D eigenvalue weighted by molar-refractivity contribution is -0.122. The molecule has 3 rings (SSSR count). The van der Waals surface area contributed by atoms with E-state index in [2.05, 4.69) is 21.4 Å². The second-order valence-electron chi connectivity index (χ2n) is 5.17. The summed E-state index contributed by atoms with van der Waals surface area (Å²) in [5, 5.41) is 3.98. The molecular weight excluding hydrogens is 240 g/mol. The Morgan fingerprint density at radius 2 is 2.05 bits per heavy atom. The molecule has 1 saturated heterocycles. The highest BCUT2D eigenvalue weighted by atomic mass is 16.2. The summed E-state index contributed by atoms with van der Waals surface area (Å²) in [6.07, 6.45) is 5.05. The summed E-state index contributed by atoms with van der Waals surface area (Å²) in [6, 6.07) is 9.95. The number of amides is 1. The van der Waals surface area contributed by atoms with Crippen LogP contribution in [0.5, 0.6) is 0 Å². The van der Waals surface area contributed by atoms with E-state index in [4.69, 9.17) is 0 Å². The summed E-state index contributed by atoms with van der Waals surface area (Å²) in [4.78, 5) is 11.9. The van der Waals surface area contributed by atoms with Crippen molar-refractivity contribution >= 4 is 12.1 Å². The van der Waals surface area contributed by atoms with Gasteiger partial charge in [0.15, 0.2) is 0 Å². The minimum Gasteiger partial charge on any atom is -0.271 e. The molecule has 2 unspecified atom stereocenters. The normalized spacial score (nSPS) is 26.7. The second-order valence-corrected chi connectivity index (χ2v) is 5.17. The van der Waals surface area contributed by atoms with Crippen LogP contribution in [0, 0.1) is 5.92 Å². The molecule has 2 fully saturated rings. The van der Waals surface area contributed by atoms with E-state index in [1.807, 2.05) is 30.3 Å². The van der Waals surface area contributed by atoms with Crippen molar-refractivity contribution in [2.45, 2.75) is 31.3 Å². The van der Waals surface area contributed by atoms with Gasteiger partial charge < -0.3 is 0 Å². The first-order chi connectivity index (χ1) is 9.33. The first-order valence-electron chi connectivity index (χ1n) is 6.72. The zero-order valence-corrected chi connectivity index (χ0v) is 10.7. The van der Waals surface area contributed by atoms with E-state index < -0.39 is 0 Å². The zero-order chi connectivity index (χ0) is 13.1. The fourth-order valence-electron chi connectivity index (χ4n) is 2.35. The Bertz CT molecular complexity index is 470. The van der Waals surface area contributed by atoms with Crippen LogP contribution in [0.25, 0.3) is 0 Å². The minimum atomic E-state index is -0.182. The van der Waals surface area contributed by atoms with Gasteiger partial charge in [0.25, 0.3) is 5.91 Å². The van der Waals surface area contributed by atoms with Crippen LogP contribution in [0.3, 0.4) is 0 Å². The lowest BCUT2D eigenvalue weighted by atomic mass is 10.1. The van der Waals surface area contributed by atoms with Crippen LogP contribution in [-0.2, 0) is 4.79 Å². The number of carbonyl (C=O) groups is 1. The van der Waals surface area contributed by atoms with Crippen molar-refractivity contribution in [3.63, 3.8) is 0 Å². The van der Waals surface area contributed by atoms with Crippen molar-refractivity contribution in [2.24, 2.45) is 11.0 Å². The number of carbonyl (C=O) groups excluding carboxylic acids is 1. The van der Waals surface area contributed by atoms with E-state index in [0.29, 0.717) is 6.04 Å². The molecule has 2 aliphatic rings. The van der Waals surface area contributed by atoms with E-state index in [1.54, 1.807) is 6.21 Å². The maximum atomic E-state index is 11.9. The molecule has 1 amide bonds. The Morgan fingerprint density at radius 1 is 1.26 bits per heavy atom. The van der Waals surface area contributed by atoms with E-state index in [-0.39, 0.29) is 11.9 Å². The van der Waals surface area contributed by atoms with Crippen molar-refractivity contribution < 1.29 is 4.79 Å². The Balaban J connectivity index is 1.47. The van der Waals surface area contributed by atoms with Gasteiger partial charge in [0.1, 0.15) is 6.04 Å². The second kappa shape index (κ2) is 5.50. The molecule has 1 aliphatic heterocycles. The number of hydrazine groups is 1. The average molecular weight is 258 g/mol. The predicted octanol–water partition coefficient (Wildman–Crippen LogP) is 0.782. The average Bonchev–Trinajstić information content (AvgIpc) is 3.17. The number of hydrazone groups is 1. The summed E-state index contributed by atoms with van der Waals surface area (Å²) < 4.78 is 0. The fourth-order valence-corrected chi connectivity index (χ4v) is 2.35. The van der Waals surface area contributed by atoms with E-state index in [9.17, 15) is 4.79 Å². The van der Waals surface area contributed by atoms with E-state index in [1.165, 1.54) is 12.8 Å². The zero-order valence-electron chi connectivity index (χ0n) is 10.7. The highest BCUT2D eigenvalue weighted by molar-refractivity contribution is 5.85. The molecular formula is C14H18N4O. The van der Waals surface area contributed by atoms with Gasteiger partial charge in [0.05, 0.1) is 6.21 Å². The quantitative estimate of drug-likeness (QED) is 0.552. The summed E-state index contributed by atoms with van der Waals surface area (Å²) >= 11 is 0. The van der Waals surface area contributed by atoms with Gasteiger partial charge in [-0.1, -0.05) is 30.3 Å². The smallest absolute Gasteiger partial charge is 0.258 e. The number of rotatable bonds is 4.